The molecule has 2 N–H and O–H groups in total. The molecule has 0 amide bonds. The summed E-state index contributed by atoms with van der Waals surface area (Å²) in [6.07, 6.45) is 0. The van der Waals surface area contributed by atoms with E-state index in [0.717, 1.165) is 33.6 Å². The summed E-state index contributed by atoms with van der Waals surface area (Å²) in [5.41, 5.74) is 9.13. The van der Waals surface area contributed by atoms with Gasteiger partial charge < -0.3 is 14.9 Å². The van der Waals surface area contributed by atoms with Gasteiger partial charge >= 0.3 is 0 Å². The number of ether oxygens (including phenoxy) is 1. The van der Waals surface area contributed by atoms with Crippen molar-refractivity contribution in [1.82, 2.24) is 0 Å². The molecule has 1 atom stereocenters. The molecule has 3 nitrogen and oxygen atoms in total. The van der Waals surface area contributed by atoms with E-state index in [2.05, 4.69) is 0 Å². The molecule has 1 heterocycles. The van der Waals surface area contributed by atoms with Gasteiger partial charge in [-0.05, 0) is 36.8 Å². The van der Waals surface area contributed by atoms with Gasteiger partial charge in [-0.25, -0.2) is 0 Å². The Labute approximate surface area is 128 Å². The van der Waals surface area contributed by atoms with Crippen LogP contribution >= 0.6 is 11.6 Å². The van der Waals surface area contributed by atoms with E-state index in [4.69, 9.17) is 26.5 Å². The topological polar surface area (TPSA) is 48.4 Å². The van der Waals surface area contributed by atoms with Crippen LogP contribution in [0.3, 0.4) is 0 Å². The number of rotatable bonds is 3. The van der Waals surface area contributed by atoms with E-state index in [1.165, 1.54) is 0 Å². The summed E-state index contributed by atoms with van der Waals surface area (Å²) in [7, 11) is 1.64. The standard InChI is InChI=1S/C17H16ClNO2/c1-10-14-8-7-13(20-2)9-15(14)21-17(10)16(19)11-3-5-12(18)6-4-11/h3-9,16H,19H2,1-2H3. The molecule has 0 fully saturated rings. The molecule has 4 heteroatoms. The molecule has 108 valence electrons. The lowest BCUT2D eigenvalue weighted by Crippen LogP contribution is -2.11. The van der Waals surface area contributed by atoms with Gasteiger partial charge in [-0.15, -0.1) is 0 Å². The second kappa shape index (κ2) is 5.43. The van der Waals surface area contributed by atoms with Crippen molar-refractivity contribution in [2.75, 3.05) is 7.11 Å². The number of fused-ring (bicyclic) bond motifs is 1. The van der Waals surface area contributed by atoms with Crippen molar-refractivity contribution >= 4 is 22.6 Å². The van der Waals surface area contributed by atoms with E-state index >= 15 is 0 Å². The van der Waals surface area contributed by atoms with Gasteiger partial charge in [0.05, 0.1) is 13.2 Å². The maximum atomic E-state index is 6.33. The normalized spacial score (nSPS) is 12.6. The van der Waals surface area contributed by atoms with Crippen LogP contribution in [0.2, 0.25) is 5.02 Å². The molecule has 0 saturated carbocycles. The Kier molecular flexibility index (Phi) is 3.62. The molecule has 0 bridgehead atoms. The van der Waals surface area contributed by atoms with Crippen molar-refractivity contribution in [2.45, 2.75) is 13.0 Å². The average Bonchev–Trinajstić information content (AvgIpc) is 2.83. The van der Waals surface area contributed by atoms with E-state index in [1.807, 2.05) is 49.4 Å². The zero-order valence-corrected chi connectivity index (χ0v) is 12.6. The van der Waals surface area contributed by atoms with Crippen molar-refractivity contribution < 1.29 is 9.15 Å². The molecule has 0 spiro atoms. The molecule has 3 rings (SSSR count). The number of aryl methyl sites for hydroxylation is 1. The van der Waals surface area contributed by atoms with Gasteiger partial charge in [0, 0.05) is 22.0 Å². The highest BCUT2D eigenvalue weighted by Gasteiger charge is 2.19. The summed E-state index contributed by atoms with van der Waals surface area (Å²) < 4.78 is 11.2. The SMILES string of the molecule is COc1ccc2c(C)c(C(N)c3ccc(Cl)cc3)oc2c1. The molecule has 0 saturated heterocycles. The molecule has 21 heavy (non-hydrogen) atoms. The van der Waals surface area contributed by atoms with Gasteiger partial charge in [0.15, 0.2) is 0 Å². The Morgan fingerprint density at radius 1 is 1.14 bits per heavy atom. The number of hydrogen-bond donors (Lipinski definition) is 1. The van der Waals surface area contributed by atoms with Crippen LogP contribution in [0.4, 0.5) is 0 Å². The number of halogens is 1. The van der Waals surface area contributed by atoms with E-state index in [1.54, 1.807) is 7.11 Å². The first-order valence-electron chi connectivity index (χ1n) is 6.68. The van der Waals surface area contributed by atoms with Crippen molar-refractivity contribution in [3.05, 3.63) is 64.4 Å². The summed E-state index contributed by atoms with van der Waals surface area (Å²) in [6.45, 7) is 2.02. The molecule has 2 aromatic carbocycles. The molecule has 0 aliphatic heterocycles. The first-order chi connectivity index (χ1) is 10.1. The van der Waals surface area contributed by atoms with Crippen LogP contribution in [-0.4, -0.2) is 7.11 Å². The van der Waals surface area contributed by atoms with Crippen molar-refractivity contribution in [3.8, 4) is 5.75 Å². The van der Waals surface area contributed by atoms with Crippen molar-refractivity contribution in [2.24, 2.45) is 5.73 Å². The zero-order valence-electron chi connectivity index (χ0n) is 11.9. The minimum atomic E-state index is -0.319. The minimum Gasteiger partial charge on any atom is -0.497 e. The Bertz CT molecular complexity index is 777. The molecule has 3 aromatic rings. The highest BCUT2D eigenvalue weighted by Crippen LogP contribution is 2.33. The fraction of sp³-hybridized carbons (Fsp3) is 0.176. The van der Waals surface area contributed by atoms with Crippen molar-refractivity contribution in [1.29, 1.82) is 0 Å². The number of furan rings is 1. The molecular weight excluding hydrogens is 286 g/mol. The summed E-state index contributed by atoms with van der Waals surface area (Å²) in [6, 6.07) is 13.0. The third kappa shape index (κ3) is 2.50. The molecule has 0 radical (unpaired) electrons. The van der Waals surface area contributed by atoms with Crippen LogP contribution in [0.15, 0.2) is 46.9 Å². The maximum absolute atomic E-state index is 6.33. The Morgan fingerprint density at radius 2 is 1.86 bits per heavy atom. The smallest absolute Gasteiger partial charge is 0.138 e. The molecule has 1 unspecified atom stereocenters. The first kappa shape index (κ1) is 14.0. The fourth-order valence-corrected chi connectivity index (χ4v) is 2.60. The summed E-state index contributed by atoms with van der Waals surface area (Å²) >= 11 is 5.91. The second-order valence-electron chi connectivity index (χ2n) is 4.98. The zero-order chi connectivity index (χ0) is 15.0. The van der Waals surface area contributed by atoms with E-state index in [-0.39, 0.29) is 6.04 Å². The van der Waals surface area contributed by atoms with E-state index in [0.29, 0.717) is 5.02 Å². The lowest BCUT2D eigenvalue weighted by atomic mass is 10.0. The van der Waals surface area contributed by atoms with Crippen LogP contribution < -0.4 is 10.5 Å². The number of nitrogens with two attached hydrogens (primary N) is 1. The maximum Gasteiger partial charge on any atom is 0.138 e. The van der Waals surface area contributed by atoms with Crippen LogP contribution in [0.1, 0.15) is 22.9 Å². The minimum absolute atomic E-state index is 0.319. The highest BCUT2D eigenvalue weighted by atomic mass is 35.5. The largest absolute Gasteiger partial charge is 0.497 e. The average molecular weight is 302 g/mol. The number of methoxy groups -OCH3 is 1. The van der Waals surface area contributed by atoms with Crippen LogP contribution in [0, 0.1) is 6.92 Å². The highest BCUT2D eigenvalue weighted by molar-refractivity contribution is 6.30. The van der Waals surface area contributed by atoms with Crippen LogP contribution in [-0.2, 0) is 0 Å². The van der Waals surface area contributed by atoms with Gasteiger partial charge in [-0.3, -0.25) is 0 Å². The first-order valence-corrected chi connectivity index (χ1v) is 7.06. The van der Waals surface area contributed by atoms with Gasteiger partial charge in [0.25, 0.3) is 0 Å². The van der Waals surface area contributed by atoms with Gasteiger partial charge in [0.1, 0.15) is 17.1 Å². The quantitative estimate of drug-likeness (QED) is 0.777. The Morgan fingerprint density at radius 3 is 2.52 bits per heavy atom. The molecule has 0 aliphatic carbocycles. The van der Waals surface area contributed by atoms with E-state index in [9.17, 15) is 0 Å². The van der Waals surface area contributed by atoms with Gasteiger partial charge in [0.2, 0.25) is 0 Å². The van der Waals surface area contributed by atoms with Crippen molar-refractivity contribution in [3.63, 3.8) is 0 Å². The lowest BCUT2D eigenvalue weighted by molar-refractivity contribution is 0.414. The fourth-order valence-electron chi connectivity index (χ4n) is 2.47. The van der Waals surface area contributed by atoms with Gasteiger partial charge in [-0.1, -0.05) is 23.7 Å². The summed E-state index contributed by atoms with van der Waals surface area (Å²) in [4.78, 5) is 0. The lowest BCUT2D eigenvalue weighted by Gasteiger charge is -2.10. The second-order valence-corrected chi connectivity index (χ2v) is 5.42. The molecular formula is C17H16ClNO2. The monoisotopic (exact) mass is 301 g/mol. The molecule has 0 aliphatic rings. The third-order valence-corrected chi connectivity index (χ3v) is 3.95. The van der Waals surface area contributed by atoms with Crippen LogP contribution in [0.5, 0.6) is 5.75 Å². The van der Waals surface area contributed by atoms with E-state index < -0.39 is 0 Å². The summed E-state index contributed by atoms with van der Waals surface area (Å²) in [5.74, 6) is 1.53. The number of benzene rings is 2. The third-order valence-electron chi connectivity index (χ3n) is 3.69. The Hall–Kier alpha value is -1.97. The van der Waals surface area contributed by atoms with Gasteiger partial charge in [-0.2, -0.15) is 0 Å². The summed E-state index contributed by atoms with van der Waals surface area (Å²) in [5, 5.41) is 1.74. The predicted octanol–water partition coefficient (Wildman–Crippen LogP) is 4.45. The Balaban J connectivity index is 2.07. The van der Waals surface area contributed by atoms with Crippen LogP contribution in [0.25, 0.3) is 11.0 Å². The molecule has 1 aromatic heterocycles. The predicted molar refractivity (Wildman–Crippen MR) is 85.0 cm³/mol. The number of hydrogen-bond acceptors (Lipinski definition) is 3.